The summed E-state index contributed by atoms with van der Waals surface area (Å²) in [7, 11) is 4.74. The Bertz CT molecular complexity index is 1430. The molecule has 6 fully saturated rings. The maximum Gasteiger partial charge on any atom is 0.317 e. The molecule has 12 nitrogen and oxygen atoms in total. The lowest BCUT2D eigenvalue weighted by molar-refractivity contribution is -0.966. The molecule has 2 unspecified atom stereocenters. The molecular formula is C40H63N6O6S+. The Kier molecular flexibility index (Phi) is 12.7. The molecule has 0 radical (unpaired) electrons. The number of quaternary nitrogens is 2. The van der Waals surface area contributed by atoms with Crippen LogP contribution in [0, 0.1) is 23.2 Å². The summed E-state index contributed by atoms with van der Waals surface area (Å²) in [4.78, 5) is 39.8. The molecule has 6 aliphatic rings. The number of thiocarbonyl (C=S) groups is 1. The van der Waals surface area contributed by atoms with Crippen molar-refractivity contribution in [2.75, 3.05) is 91.4 Å². The van der Waals surface area contributed by atoms with Gasteiger partial charge in [-0.2, -0.15) is 0 Å². The molecule has 0 spiro atoms. The number of hydrogen-bond acceptors (Lipinski definition) is 7. The lowest BCUT2D eigenvalue weighted by Crippen LogP contribution is -2.68. The second-order valence-corrected chi connectivity index (χ2v) is 18.7. The highest BCUT2D eigenvalue weighted by Gasteiger charge is 2.53. The molecule has 1 heterocycles. The largest absolute Gasteiger partial charge is 0.544 e. The van der Waals surface area contributed by atoms with Gasteiger partial charge in [0.1, 0.15) is 12.6 Å². The van der Waals surface area contributed by atoms with Gasteiger partial charge in [0.25, 0.3) is 0 Å². The van der Waals surface area contributed by atoms with E-state index in [4.69, 9.17) is 12.2 Å². The van der Waals surface area contributed by atoms with Crippen LogP contribution in [0.5, 0.6) is 0 Å². The summed E-state index contributed by atoms with van der Waals surface area (Å²) in [5, 5.41) is 39.3. The van der Waals surface area contributed by atoms with E-state index < -0.39 is 17.9 Å². The Morgan fingerprint density at radius 3 is 2.09 bits per heavy atom. The van der Waals surface area contributed by atoms with Gasteiger partial charge in [0.2, 0.25) is 0 Å². The van der Waals surface area contributed by atoms with Gasteiger partial charge in [-0.1, -0.05) is 12.1 Å². The molecule has 1 aromatic rings. The second-order valence-electron chi connectivity index (χ2n) is 18.3. The number of likely N-dealkylation sites (N-methyl/N-ethyl adjacent to an activating group) is 1. The number of aliphatic carboxylic acids is 3. The first-order valence-electron chi connectivity index (χ1n) is 20.1. The first kappa shape index (κ1) is 39.8. The van der Waals surface area contributed by atoms with E-state index in [2.05, 4.69) is 24.7 Å². The third-order valence-electron chi connectivity index (χ3n) is 13.6. The normalized spacial score (nSPS) is 31.1. The van der Waals surface area contributed by atoms with Crippen LogP contribution in [-0.2, 0) is 20.8 Å². The second kappa shape index (κ2) is 16.9. The van der Waals surface area contributed by atoms with Crippen LogP contribution < -0.4 is 15.7 Å². The van der Waals surface area contributed by atoms with Crippen LogP contribution in [-0.4, -0.2) is 150 Å². The molecule has 0 aromatic heterocycles. The SMILES string of the molecule is C[N+](C)(CCNC(=S)Nc1ccc(CC2CN(CC(=O)O)CCN(CC(=O)O)CC[N+]2(CC(=O)[O-])C2CCCC2)cc1)CC12CC3CC(CC(C3)C1)C2. The summed E-state index contributed by atoms with van der Waals surface area (Å²) in [6, 6.07) is 7.94. The average molecular weight is 756 g/mol. The van der Waals surface area contributed by atoms with Crippen LogP contribution in [0.15, 0.2) is 24.3 Å². The molecule has 53 heavy (non-hydrogen) atoms. The topological polar surface area (TPSA) is 145 Å². The van der Waals surface area contributed by atoms with E-state index >= 15 is 0 Å². The Morgan fingerprint density at radius 1 is 0.925 bits per heavy atom. The molecular weight excluding hydrogens is 693 g/mol. The number of carboxylic acid groups (broad SMARTS) is 3. The Morgan fingerprint density at radius 2 is 1.51 bits per heavy atom. The van der Waals surface area contributed by atoms with Gasteiger partial charge < -0.3 is 39.7 Å². The highest BCUT2D eigenvalue weighted by molar-refractivity contribution is 7.80. The third kappa shape index (κ3) is 10.5. The number of nitrogens with one attached hydrogen (secondary N) is 2. The fraction of sp³-hybridized carbons (Fsp3) is 0.750. The van der Waals surface area contributed by atoms with Gasteiger partial charge in [0, 0.05) is 37.2 Å². The molecule has 1 aliphatic heterocycles. The maximum absolute atomic E-state index is 12.5. The monoisotopic (exact) mass is 755 g/mol. The number of anilines is 1. The van der Waals surface area contributed by atoms with Gasteiger partial charge in [0.15, 0.2) is 5.11 Å². The number of nitrogens with zero attached hydrogens (tertiary/aromatic N) is 4. The summed E-state index contributed by atoms with van der Waals surface area (Å²) < 4.78 is 1.26. The van der Waals surface area contributed by atoms with Gasteiger partial charge >= 0.3 is 11.9 Å². The average Bonchev–Trinajstić information content (AvgIpc) is 3.60. The summed E-state index contributed by atoms with van der Waals surface area (Å²) in [5.41, 5.74) is 2.42. The van der Waals surface area contributed by atoms with Crippen LogP contribution >= 0.6 is 12.2 Å². The van der Waals surface area contributed by atoms with Crippen LogP contribution in [0.4, 0.5) is 5.69 Å². The summed E-state index contributed by atoms with van der Waals surface area (Å²) in [6.45, 7) is 4.55. The molecule has 1 saturated heterocycles. The van der Waals surface area contributed by atoms with Crippen molar-refractivity contribution in [2.45, 2.75) is 82.7 Å². The fourth-order valence-corrected chi connectivity index (χ4v) is 12.2. The lowest BCUT2D eigenvalue weighted by Gasteiger charge is -2.58. The molecule has 4 N–H and O–H groups in total. The van der Waals surface area contributed by atoms with Crippen molar-refractivity contribution in [2.24, 2.45) is 23.2 Å². The first-order valence-corrected chi connectivity index (χ1v) is 20.5. The Labute approximate surface area is 321 Å². The summed E-state index contributed by atoms with van der Waals surface area (Å²) in [6.07, 6.45) is 13.0. The predicted molar refractivity (Wildman–Crippen MR) is 206 cm³/mol. The Hall–Kier alpha value is -2.84. The Balaban J connectivity index is 1.10. The predicted octanol–water partition coefficient (Wildman–Crippen LogP) is 2.47. The van der Waals surface area contributed by atoms with Gasteiger partial charge in [-0.15, -0.1) is 0 Å². The zero-order chi connectivity index (χ0) is 37.8. The number of carbonyl (C=O) groups is 3. The number of carbonyl (C=O) groups excluding carboxylic acids is 1. The number of rotatable bonds is 15. The smallest absolute Gasteiger partial charge is 0.317 e. The standard InChI is InChI=1S/C40H62N6O6S/c1-45(2,28-40-21-30-17-31(22-40)19-32(18-30)23-40)15-11-41-39(53)42-33-9-7-29(8-10-33)20-35-24-44(26-37(49)50)13-12-43(25-36(47)48)14-16-46(35,27-38(51)52)34-5-3-4-6-34/h7-10,30-32,34-35H,3-6,11-28H2,1-2H3,(H3-2,41,42,47,48,49,50,51,52,53)/p+1. The maximum atomic E-state index is 12.5. The molecule has 5 aliphatic carbocycles. The molecule has 5 saturated carbocycles. The minimum atomic E-state index is -1.13. The van der Waals surface area contributed by atoms with Crippen molar-refractivity contribution in [1.29, 1.82) is 0 Å². The van der Waals surface area contributed by atoms with E-state index in [1.165, 1.54) is 45.1 Å². The number of benzene rings is 1. The number of hydrogen-bond donors (Lipinski definition) is 4. The summed E-state index contributed by atoms with van der Waals surface area (Å²) >= 11 is 5.71. The molecule has 4 bridgehead atoms. The van der Waals surface area contributed by atoms with E-state index in [0.717, 1.165) is 72.3 Å². The number of carboxylic acids is 3. The third-order valence-corrected chi connectivity index (χ3v) is 13.8. The molecule has 7 rings (SSSR count). The van der Waals surface area contributed by atoms with E-state index in [9.17, 15) is 29.7 Å². The molecule has 0 amide bonds. The van der Waals surface area contributed by atoms with Gasteiger partial charge in [-0.25, -0.2) is 0 Å². The molecule has 2 atom stereocenters. The molecule has 294 valence electrons. The van der Waals surface area contributed by atoms with Crippen molar-refractivity contribution in [1.82, 2.24) is 15.1 Å². The van der Waals surface area contributed by atoms with E-state index in [1.807, 2.05) is 34.1 Å². The minimum absolute atomic E-state index is 0.0786. The van der Waals surface area contributed by atoms with Crippen molar-refractivity contribution in [3.05, 3.63) is 29.8 Å². The molecule has 1 aromatic carbocycles. The van der Waals surface area contributed by atoms with Crippen LogP contribution in [0.1, 0.15) is 69.8 Å². The zero-order valence-electron chi connectivity index (χ0n) is 32.0. The van der Waals surface area contributed by atoms with Gasteiger partial charge in [-0.3, -0.25) is 19.4 Å². The van der Waals surface area contributed by atoms with Crippen LogP contribution in [0.25, 0.3) is 0 Å². The van der Waals surface area contributed by atoms with E-state index in [1.54, 1.807) is 0 Å². The van der Waals surface area contributed by atoms with Crippen LogP contribution in [0.2, 0.25) is 0 Å². The lowest BCUT2D eigenvalue weighted by atomic mass is 9.49. The van der Waals surface area contributed by atoms with E-state index in [0.29, 0.717) is 49.7 Å². The zero-order valence-corrected chi connectivity index (χ0v) is 32.8. The minimum Gasteiger partial charge on any atom is -0.544 e. The fourth-order valence-electron chi connectivity index (χ4n) is 12.0. The van der Waals surface area contributed by atoms with Crippen molar-refractivity contribution in [3.63, 3.8) is 0 Å². The van der Waals surface area contributed by atoms with Gasteiger partial charge in [-0.05, 0) is 112 Å². The van der Waals surface area contributed by atoms with Crippen molar-refractivity contribution >= 4 is 40.9 Å². The van der Waals surface area contributed by atoms with Crippen LogP contribution in [0.3, 0.4) is 0 Å². The highest BCUT2D eigenvalue weighted by Crippen LogP contribution is 2.60. The quantitative estimate of drug-likeness (QED) is 0.155. The van der Waals surface area contributed by atoms with Crippen molar-refractivity contribution < 1.29 is 38.7 Å². The van der Waals surface area contributed by atoms with Crippen molar-refractivity contribution in [3.8, 4) is 0 Å². The van der Waals surface area contributed by atoms with E-state index in [-0.39, 0.29) is 36.2 Å². The van der Waals surface area contributed by atoms with Gasteiger partial charge in [0.05, 0.1) is 71.9 Å². The highest BCUT2D eigenvalue weighted by atomic mass is 32.1. The summed E-state index contributed by atoms with van der Waals surface area (Å²) in [5.74, 6) is -0.167. The molecule has 13 heteroatoms. The first-order chi connectivity index (χ1) is 25.2.